The van der Waals surface area contributed by atoms with Crippen LogP contribution in [0.5, 0.6) is 0 Å². The molecule has 0 heterocycles. The summed E-state index contributed by atoms with van der Waals surface area (Å²) in [6.45, 7) is 1.43. The Morgan fingerprint density at radius 1 is 0.778 bits per heavy atom. The van der Waals surface area contributed by atoms with Crippen LogP contribution in [0.15, 0.2) is 94.0 Å². The molecule has 1 N–H and O–H groups in total. The lowest BCUT2D eigenvalue weighted by molar-refractivity contribution is 0.101. The first-order valence-electron chi connectivity index (χ1n) is 8.15. The number of carbonyl (C=O) groups excluding carboxylic acids is 1. The average Bonchev–Trinajstić information content (AvgIpc) is 2.68. The van der Waals surface area contributed by atoms with E-state index in [0.29, 0.717) is 16.9 Å². The fourth-order valence-electron chi connectivity index (χ4n) is 2.29. The van der Waals surface area contributed by atoms with Gasteiger partial charge in [0.05, 0.1) is 16.3 Å². The minimum absolute atomic E-state index is 0.0836. The summed E-state index contributed by atoms with van der Waals surface area (Å²) in [5.41, 5.74) is 2.20. The molecule has 0 saturated carbocycles. The third-order valence-corrected chi connectivity index (χ3v) is 5.12. The predicted molar refractivity (Wildman–Crippen MR) is 104 cm³/mol. The third-order valence-electron chi connectivity index (χ3n) is 3.73. The summed E-state index contributed by atoms with van der Waals surface area (Å²) < 4.78 is 27.4. The number of sulfonamides is 1. The number of carbonyl (C=O) groups is 1. The van der Waals surface area contributed by atoms with Crippen molar-refractivity contribution in [1.29, 1.82) is 0 Å². The highest BCUT2D eigenvalue weighted by atomic mass is 32.2. The molecule has 0 unspecified atom stereocenters. The molecule has 0 radical (unpaired) electrons. The van der Waals surface area contributed by atoms with Gasteiger partial charge >= 0.3 is 0 Å². The van der Waals surface area contributed by atoms with E-state index in [-0.39, 0.29) is 10.7 Å². The molecule has 3 rings (SSSR count). The standard InChI is InChI=1S/C20H17N3O3S/c1-15(24)16-7-13-20(14-8-16)27(25,26)23-19-11-9-18(10-12-19)22-21-17-5-3-2-4-6-17/h2-14,23H,1H3. The number of nitrogens with one attached hydrogen (secondary N) is 1. The summed E-state index contributed by atoms with van der Waals surface area (Å²) in [7, 11) is -3.74. The number of Topliss-reactive ketones (excluding diaryl/α,β-unsaturated/α-hetero) is 1. The van der Waals surface area contributed by atoms with E-state index < -0.39 is 10.0 Å². The van der Waals surface area contributed by atoms with Gasteiger partial charge < -0.3 is 0 Å². The molecular weight excluding hydrogens is 362 g/mol. The van der Waals surface area contributed by atoms with Crippen LogP contribution in [0.25, 0.3) is 0 Å². The Bertz CT molecular complexity index is 1060. The Labute approximate surface area is 157 Å². The smallest absolute Gasteiger partial charge is 0.261 e. The molecule has 3 aromatic rings. The van der Waals surface area contributed by atoms with E-state index in [4.69, 9.17) is 0 Å². The van der Waals surface area contributed by atoms with E-state index in [1.807, 2.05) is 30.3 Å². The highest BCUT2D eigenvalue weighted by molar-refractivity contribution is 7.92. The first-order valence-corrected chi connectivity index (χ1v) is 9.63. The molecule has 3 aromatic carbocycles. The van der Waals surface area contributed by atoms with Gasteiger partial charge in [-0.2, -0.15) is 10.2 Å². The maximum Gasteiger partial charge on any atom is 0.261 e. The van der Waals surface area contributed by atoms with Gasteiger partial charge in [-0.3, -0.25) is 9.52 Å². The van der Waals surface area contributed by atoms with Gasteiger partial charge in [-0.25, -0.2) is 8.42 Å². The lowest BCUT2D eigenvalue weighted by atomic mass is 10.2. The molecule has 0 aliphatic carbocycles. The van der Waals surface area contributed by atoms with Crippen LogP contribution >= 0.6 is 0 Å². The average molecular weight is 379 g/mol. The molecule has 7 heteroatoms. The number of rotatable bonds is 6. The molecule has 0 aliphatic rings. The molecule has 0 aromatic heterocycles. The Morgan fingerprint density at radius 2 is 1.33 bits per heavy atom. The van der Waals surface area contributed by atoms with E-state index in [9.17, 15) is 13.2 Å². The molecule has 0 atom stereocenters. The minimum atomic E-state index is -3.74. The normalized spacial score (nSPS) is 11.4. The van der Waals surface area contributed by atoms with E-state index in [1.54, 1.807) is 24.3 Å². The van der Waals surface area contributed by atoms with E-state index in [1.165, 1.54) is 31.2 Å². The van der Waals surface area contributed by atoms with Gasteiger partial charge in [0.25, 0.3) is 10.0 Å². The van der Waals surface area contributed by atoms with Crippen LogP contribution in [-0.4, -0.2) is 14.2 Å². The molecular formula is C20H17N3O3S. The zero-order chi connectivity index (χ0) is 19.3. The summed E-state index contributed by atoms with van der Waals surface area (Å²) >= 11 is 0. The van der Waals surface area contributed by atoms with Crippen molar-refractivity contribution in [2.24, 2.45) is 10.2 Å². The number of hydrogen-bond donors (Lipinski definition) is 1. The van der Waals surface area contributed by atoms with Gasteiger partial charge in [0, 0.05) is 11.3 Å². The second-order valence-electron chi connectivity index (χ2n) is 5.77. The Kier molecular flexibility index (Phi) is 5.42. The Hall–Kier alpha value is -3.32. The van der Waals surface area contributed by atoms with Crippen LogP contribution in [0.3, 0.4) is 0 Å². The number of benzene rings is 3. The molecule has 0 spiro atoms. The Morgan fingerprint density at radius 3 is 1.89 bits per heavy atom. The lowest BCUT2D eigenvalue weighted by Crippen LogP contribution is -2.13. The topological polar surface area (TPSA) is 88.0 Å². The molecule has 0 fully saturated rings. The van der Waals surface area contributed by atoms with E-state index in [0.717, 1.165) is 5.69 Å². The minimum Gasteiger partial charge on any atom is -0.295 e. The first-order chi connectivity index (χ1) is 12.9. The highest BCUT2D eigenvalue weighted by Crippen LogP contribution is 2.22. The van der Waals surface area contributed by atoms with Crippen molar-refractivity contribution in [3.8, 4) is 0 Å². The molecule has 0 saturated heterocycles. The zero-order valence-electron chi connectivity index (χ0n) is 14.5. The molecule has 0 aliphatic heterocycles. The van der Waals surface area contributed by atoms with E-state index in [2.05, 4.69) is 15.0 Å². The third kappa shape index (κ3) is 4.86. The van der Waals surface area contributed by atoms with Crippen LogP contribution in [0.1, 0.15) is 17.3 Å². The summed E-state index contributed by atoms with van der Waals surface area (Å²) in [6, 6.07) is 21.7. The van der Waals surface area contributed by atoms with Gasteiger partial charge in [0.15, 0.2) is 5.78 Å². The van der Waals surface area contributed by atoms with Gasteiger partial charge in [-0.1, -0.05) is 30.3 Å². The predicted octanol–water partition coefficient (Wildman–Crippen LogP) is 5.11. The molecule has 27 heavy (non-hydrogen) atoms. The number of anilines is 1. The fourth-order valence-corrected chi connectivity index (χ4v) is 3.35. The first kappa shape index (κ1) is 18.5. The van der Waals surface area contributed by atoms with Crippen molar-refractivity contribution >= 4 is 32.9 Å². The van der Waals surface area contributed by atoms with Crippen molar-refractivity contribution in [3.05, 3.63) is 84.4 Å². The van der Waals surface area contributed by atoms with Crippen molar-refractivity contribution in [1.82, 2.24) is 0 Å². The SMILES string of the molecule is CC(=O)c1ccc(S(=O)(=O)Nc2ccc(N=Nc3ccccc3)cc2)cc1. The van der Waals surface area contributed by atoms with Crippen molar-refractivity contribution < 1.29 is 13.2 Å². The number of nitrogens with zero attached hydrogens (tertiary/aromatic N) is 2. The van der Waals surface area contributed by atoms with Crippen LogP contribution in [0.2, 0.25) is 0 Å². The highest BCUT2D eigenvalue weighted by Gasteiger charge is 2.14. The molecule has 0 bridgehead atoms. The summed E-state index contributed by atoms with van der Waals surface area (Å²) in [5, 5.41) is 8.22. The molecule has 0 amide bonds. The van der Waals surface area contributed by atoms with Crippen LogP contribution < -0.4 is 4.72 Å². The lowest BCUT2D eigenvalue weighted by Gasteiger charge is -2.08. The van der Waals surface area contributed by atoms with Gasteiger partial charge in [0.1, 0.15) is 0 Å². The maximum atomic E-state index is 12.4. The van der Waals surface area contributed by atoms with Crippen molar-refractivity contribution in [3.63, 3.8) is 0 Å². The molecule has 136 valence electrons. The quantitative estimate of drug-likeness (QED) is 0.477. The van der Waals surface area contributed by atoms with Gasteiger partial charge in [-0.15, -0.1) is 0 Å². The van der Waals surface area contributed by atoms with Gasteiger partial charge in [0.2, 0.25) is 0 Å². The monoisotopic (exact) mass is 379 g/mol. The number of azo groups is 1. The summed E-state index contributed by atoms with van der Waals surface area (Å²) in [5.74, 6) is -0.118. The Balaban J connectivity index is 1.71. The van der Waals surface area contributed by atoms with E-state index >= 15 is 0 Å². The molecule has 6 nitrogen and oxygen atoms in total. The van der Waals surface area contributed by atoms with Crippen molar-refractivity contribution in [2.45, 2.75) is 11.8 Å². The zero-order valence-corrected chi connectivity index (χ0v) is 15.3. The summed E-state index contributed by atoms with van der Waals surface area (Å²) in [6.07, 6.45) is 0. The van der Waals surface area contributed by atoms with Crippen LogP contribution in [-0.2, 0) is 10.0 Å². The van der Waals surface area contributed by atoms with Crippen LogP contribution in [0, 0.1) is 0 Å². The summed E-state index contributed by atoms with van der Waals surface area (Å²) in [4.78, 5) is 11.4. The van der Waals surface area contributed by atoms with Crippen LogP contribution in [0.4, 0.5) is 17.1 Å². The maximum absolute atomic E-state index is 12.4. The van der Waals surface area contributed by atoms with Gasteiger partial charge in [-0.05, 0) is 55.5 Å². The fraction of sp³-hybridized carbons (Fsp3) is 0.0500. The second kappa shape index (κ2) is 7.92. The van der Waals surface area contributed by atoms with Crippen molar-refractivity contribution in [2.75, 3.05) is 4.72 Å². The number of ketones is 1. The largest absolute Gasteiger partial charge is 0.295 e. The number of hydrogen-bond acceptors (Lipinski definition) is 5. The second-order valence-corrected chi connectivity index (χ2v) is 7.45.